The Morgan fingerprint density at radius 2 is 1.65 bits per heavy atom. The Balaban J connectivity index is 1.78. The summed E-state index contributed by atoms with van der Waals surface area (Å²) in [7, 11) is 1.56. The van der Waals surface area contributed by atoms with Gasteiger partial charge < -0.3 is 19.5 Å². The molecule has 0 spiro atoms. The molecule has 0 saturated heterocycles. The van der Waals surface area contributed by atoms with E-state index >= 15 is 0 Å². The molecule has 2 aromatic carbocycles. The van der Waals surface area contributed by atoms with E-state index in [-0.39, 0.29) is 45.2 Å². The molecule has 37 heavy (non-hydrogen) atoms. The molecular weight excluding hydrogens is 545 g/mol. The van der Waals surface area contributed by atoms with Crippen molar-refractivity contribution in [1.29, 1.82) is 0 Å². The number of hydrogen-bond acceptors (Lipinski definition) is 6. The molecule has 0 saturated carbocycles. The highest BCUT2D eigenvalue weighted by Gasteiger charge is 2.46. The van der Waals surface area contributed by atoms with Gasteiger partial charge in [0, 0.05) is 30.7 Å². The highest BCUT2D eigenvalue weighted by Crippen LogP contribution is 2.33. The third-order valence-electron chi connectivity index (χ3n) is 5.26. The van der Waals surface area contributed by atoms with Crippen LogP contribution in [0.3, 0.4) is 0 Å². The summed E-state index contributed by atoms with van der Waals surface area (Å²) in [6.07, 6.45) is 1.25. The van der Waals surface area contributed by atoms with Crippen molar-refractivity contribution in [3.63, 3.8) is 0 Å². The van der Waals surface area contributed by atoms with Crippen molar-refractivity contribution < 1.29 is 29.0 Å². The number of quaternary nitrogens is 1. The van der Waals surface area contributed by atoms with Gasteiger partial charge in [0.2, 0.25) is 5.84 Å². The van der Waals surface area contributed by atoms with Crippen LogP contribution in [-0.4, -0.2) is 53.2 Å². The summed E-state index contributed by atoms with van der Waals surface area (Å²) in [5.74, 6) is -0.367. The lowest BCUT2D eigenvalue weighted by Crippen LogP contribution is -2.52. The maximum absolute atomic E-state index is 12.6. The first-order valence-corrected chi connectivity index (χ1v) is 12.2. The summed E-state index contributed by atoms with van der Waals surface area (Å²) < 4.78 is 10.0. The largest absolute Gasteiger partial charge is 0.529 e. The normalized spacial score (nSPS) is 16.8. The van der Waals surface area contributed by atoms with Gasteiger partial charge in [0.15, 0.2) is 5.69 Å². The number of ether oxygens (including phenoxy) is 2. The maximum Gasteiger partial charge on any atom is 0.529 e. The number of rotatable bonds is 6. The van der Waals surface area contributed by atoms with Crippen LogP contribution in [0.4, 0.5) is 15.3 Å². The zero-order valence-corrected chi connectivity index (χ0v) is 22.8. The van der Waals surface area contributed by atoms with E-state index in [2.05, 4.69) is 4.99 Å². The van der Waals surface area contributed by atoms with Crippen LogP contribution in [0.5, 0.6) is 5.75 Å². The number of amides is 2. The molecule has 1 aliphatic rings. The van der Waals surface area contributed by atoms with Crippen LogP contribution in [0.2, 0.25) is 15.1 Å². The number of amidine groups is 1. The third-order valence-corrected chi connectivity index (χ3v) is 6.08. The minimum Gasteiger partial charge on any atom is -0.444 e. The fraction of sp³-hybridized carbons (Fsp3) is 0.280. The number of benzene rings is 2. The Bertz CT molecular complexity index is 1260. The van der Waals surface area contributed by atoms with Crippen LogP contribution in [0.1, 0.15) is 37.6 Å². The quantitative estimate of drug-likeness (QED) is 0.228. The number of nitrogens with zero attached hydrogens (tertiary/aromatic N) is 3. The van der Waals surface area contributed by atoms with Gasteiger partial charge in [0.25, 0.3) is 0 Å². The predicted octanol–water partition coefficient (Wildman–Crippen LogP) is 6.99. The maximum atomic E-state index is 12.6. The average molecular weight is 570 g/mol. The van der Waals surface area contributed by atoms with Crippen molar-refractivity contribution in [3.05, 3.63) is 69.4 Å². The molecule has 1 N–H and O–H groups in total. The van der Waals surface area contributed by atoms with E-state index in [0.717, 1.165) is 0 Å². The number of aliphatic imine (C=N–C) groups is 1. The lowest BCUT2D eigenvalue weighted by molar-refractivity contribution is 0.0302. The first kappa shape index (κ1) is 28.5. The van der Waals surface area contributed by atoms with Crippen LogP contribution in [0.15, 0.2) is 53.8 Å². The summed E-state index contributed by atoms with van der Waals surface area (Å²) in [6, 6.07) is 8.65. The highest BCUT2D eigenvalue weighted by molar-refractivity contribution is 6.41. The second-order valence-corrected chi connectivity index (χ2v) is 10.4. The Labute approximate surface area is 229 Å². The Morgan fingerprint density at radius 1 is 1.05 bits per heavy atom. The molecule has 1 heterocycles. The zero-order valence-electron chi connectivity index (χ0n) is 20.5. The van der Waals surface area contributed by atoms with Gasteiger partial charge in [-0.1, -0.05) is 34.8 Å². The molecule has 1 aliphatic heterocycles. The molecule has 2 aromatic rings. The molecule has 0 aromatic heterocycles. The van der Waals surface area contributed by atoms with Crippen molar-refractivity contribution in [2.75, 3.05) is 13.6 Å². The van der Waals surface area contributed by atoms with Gasteiger partial charge in [-0.15, -0.1) is 4.48 Å². The number of esters is 1. The molecule has 12 heteroatoms. The second-order valence-electron chi connectivity index (χ2n) is 9.13. The van der Waals surface area contributed by atoms with E-state index in [4.69, 9.17) is 44.3 Å². The van der Waals surface area contributed by atoms with Gasteiger partial charge in [-0.05, 0) is 45.0 Å². The van der Waals surface area contributed by atoms with E-state index < -0.39 is 28.2 Å². The van der Waals surface area contributed by atoms with Crippen LogP contribution in [0, 0.1) is 0 Å². The van der Waals surface area contributed by atoms with Gasteiger partial charge >= 0.3 is 18.2 Å². The lowest BCUT2D eigenvalue weighted by Gasteiger charge is -2.28. The van der Waals surface area contributed by atoms with E-state index in [1.54, 1.807) is 27.8 Å². The molecule has 3 rings (SSSR count). The molecule has 0 aliphatic carbocycles. The minimum atomic E-state index is -1.20. The van der Waals surface area contributed by atoms with Gasteiger partial charge in [-0.25, -0.2) is 14.6 Å². The molecular formula is C25H25Cl3N3O6+. The van der Waals surface area contributed by atoms with Crippen molar-refractivity contribution >= 4 is 64.5 Å². The average Bonchev–Trinajstić information content (AvgIpc) is 3.21. The number of hydrogen-bond donors (Lipinski definition) is 1. The Kier molecular flexibility index (Phi) is 8.54. The van der Waals surface area contributed by atoms with Gasteiger partial charge in [-0.2, -0.15) is 4.79 Å². The molecule has 2 amide bonds. The standard InChI is InChI=1S/C25H24Cl3N3O6/c1-25(2,3)37-23(33)30(4)11-9-20-29-10-12-31(20,24(34)35)16-5-7-17(8-6-16)36-22(32)21-18(27)13-15(26)14-19(21)28/h5-8,10,12-14H,9,11H2,1-4H3/p+1. The Hall–Kier alpha value is -3.11. The minimum absolute atomic E-state index is 0.0360. The molecule has 0 bridgehead atoms. The van der Waals surface area contributed by atoms with Crippen molar-refractivity contribution in [3.8, 4) is 5.75 Å². The summed E-state index contributed by atoms with van der Waals surface area (Å²) >= 11 is 18.1. The molecule has 0 fully saturated rings. The topological polar surface area (TPSA) is 106 Å². The summed E-state index contributed by atoms with van der Waals surface area (Å²) in [4.78, 5) is 43.0. The number of carboxylic acid groups (broad SMARTS) is 1. The monoisotopic (exact) mass is 568 g/mol. The molecule has 1 unspecified atom stereocenters. The predicted molar refractivity (Wildman–Crippen MR) is 143 cm³/mol. The van der Waals surface area contributed by atoms with E-state index in [9.17, 15) is 19.5 Å². The first-order valence-electron chi connectivity index (χ1n) is 11.0. The van der Waals surface area contributed by atoms with E-state index in [1.165, 1.54) is 53.7 Å². The van der Waals surface area contributed by atoms with Crippen LogP contribution in [0.25, 0.3) is 0 Å². The number of halogens is 3. The zero-order chi connectivity index (χ0) is 27.5. The fourth-order valence-corrected chi connectivity index (χ4v) is 4.47. The fourth-order valence-electron chi connectivity index (χ4n) is 3.50. The molecule has 196 valence electrons. The first-order chi connectivity index (χ1) is 17.2. The molecule has 1 atom stereocenters. The van der Waals surface area contributed by atoms with E-state index in [0.29, 0.717) is 5.69 Å². The lowest BCUT2D eigenvalue weighted by atomic mass is 10.2. The van der Waals surface area contributed by atoms with Crippen LogP contribution < -0.4 is 9.22 Å². The smallest absolute Gasteiger partial charge is 0.444 e. The second kappa shape index (κ2) is 11.1. The molecule has 0 radical (unpaired) electrons. The third kappa shape index (κ3) is 6.42. The number of carbonyl (C=O) groups is 3. The summed E-state index contributed by atoms with van der Waals surface area (Å²) in [6.45, 7) is 5.46. The van der Waals surface area contributed by atoms with Gasteiger partial charge in [-0.3, -0.25) is 0 Å². The highest BCUT2D eigenvalue weighted by atomic mass is 35.5. The van der Waals surface area contributed by atoms with Crippen molar-refractivity contribution in [1.82, 2.24) is 9.38 Å². The number of carbonyl (C=O) groups excluding carboxylic acids is 2. The van der Waals surface area contributed by atoms with E-state index in [1.807, 2.05) is 0 Å². The van der Waals surface area contributed by atoms with Crippen molar-refractivity contribution in [2.24, 2.45) is 4.99 Å². The van der Waals surface area contributed by atoms with Crippen LogP contribution in [-0.2, 0) is 4.74 Å². The SMILES string of the molecule is CN(CCC1=NC=C[N+]1(C(=O)O)c1ccc(OC(=O)c2c(Cl)cc(Cl)cc2Cl)cc1)C(=O)OC(C)(C)C. The summed E-state index contributed by atoms with van der Waals surface area (Å²) in [5.41, 5.74) is -0.368. The Morgan fingerprint density at radius 3 is 2.19 bits per heavy atom. The van der Waals surface area contributed by atoms with Crippen molar-refractivity contribution in [2.45, 2.75) is 32.8 Å². The van der Waals surface area contributed by atoms with Gasteiger partial charge in [0.1, 0.15) is 17.6 Å². The van der Waals surface area contributed by atoms with Crippen LogP contribution >= 0.6 is 34.8 Å². The summed E-state index contributed by atoms with van der Waals surface area (Å²) in [5, 5.41) is 10.5. The molecule has 9 nitrogen and oxygen atoms in total. The van der Waals surface area contributed by atoms with Gasteiger partial charge in [0.05, 0.1) is 28.2 Å².